The molecule has 0 aromatic heterocycles. The number of aromatic hydroxyl groups is 1. The van der Waals surface area contributed by atoms with Crippen molar-refractivity contribution in [3.05, 3.63) is 59.9 Å². The Kier molecular flexibility index (Phi) is 3.44. The fraction of sp³-hybridized carbons (Fsp3) is 0.0714. The van der Waals surface area contributed by atoms with Gasteiger partial charge in [0.15, 0.2) is 0 Å². The molecule has 0 saturated heterocycles. The Morgan fingerprint density at radius 2 is 1.89 bits per heavy atom. The van der Waals surface area contributed by atoms with Gasteiger partial charge in [0.25, 0.3) is 0 Å². The maximum absolute atomic E-state index is 13.2. The SMILES string of the molecule is N#CC(Nc1ccccc1)c1cc(O)cc(F)c1. The van der Waals surface area contributed by atoms with Gasteiger partial charge in [-0.15, -0.1) is 0 Å². The van der Waals surface area contributed by atoms with Crippen LogP contribution in [0, 0.1) is 17.1 Å². The number of nitrogens with one attached hydrogen (secondary N) is 1. The van der Waals surface area contributed by atoms with Gasteiger partial charge in [-0.25, -0.2) is 4.39 Å². The average molecular weight is 242 g/mol. The molecule has 90 valence electrons. The van der Waals surface area contributed by atoms with E-state index in [-0.39, 0.29) is 5.75 Å². The summed E-state index contributed by atoms with van der Waals surface area (Å²) >= 11 is 0. The highest BCUT2D eigenvalue weighted by Gasteiger charge is 2.12. The molecule has 0 fully saturated rings. The van der Waals surface area contributed by atoms with Crippen molar-refractivity contribution in [1.82, 2.24) is 0 Å². The zero-order valence-electron chi connectivity index (χ0n) is 9.47. The third-order valence-electron chi connectivity index (χ3n) is 2.45. The predicted octanol–water partition coefficient (Wildman–Crippen LogP) is 3.21. The van der Waals surface area contributed by atoms with Crippen molar-refractivity contribution < 1.29 is 9.50 Å². The van der Waals surface area contributed by atoms with Gasteiger partial charge in [0.2, 0.25) is 0 Å². The minimum Gasteiger partial charge on any atom is -0.508 e. The lowest BCUT2D eigenvalue weighted by Crippen LogP contribution is -2.08. The Balaban J connectivity index is 2.26. The molecular weight excluding hydrogens is 231 g/mol. The number of anilines is 1. The molecule has 4 heteroatoms. The van der Waals surface area contributed by atoms with Gasteiger partial charge in [-0.1, -0.05) is 18.2 Å². The lowest BCUT2D eigenvalue weighted by atomic mass is 10.1. The molecule has 0 aliphatic heterocycles. The number of para-hydroxylation sites is 1. The van der Waals surface area contributed by atoms with Gasteiger partial charge < -0.3 is 10.4 Å². The van der Waals surface area contributed by atoms with Gasteiger partial charge in [-0.2, -0.15) is 5.26 Å². The molecule has 2 aromatic carbocycles. The highest BCUT2D eigenvalue weighted by molar-refractivity contribution is 5.48. The number of nitriles is 1. The molecule has 0 spiro atoms. The van der Waals surface area contributed by atoms with E-state index in [9.17, 15) is 9.50 Å². The quantitative estimate of drug-likeness (QED) is 0.868. The van der Waals surface area contributed by atoms with Crippen LogP contribution in [0.15, 0.2) is 48.5 Å². The van der Waals surface area contributed by atoms with E-state index in [1.807, 2.05) is 36.4 Å². The Morgan fingerprint density at radius 1 is 1.17 bits per heavy atom. The lowest BCUT2D eigenvalue weighted by Gasteiger charge is -2.13. The van der Waals surface area contributed by atoms with Crippen molar-refractivity contribution >= 4 is 5.69 Å². The molecule has 18 heavy (non-hydrogen) atoms. The molecule has 1 atom stereocenters. The van der Waals surface area contributed by atoms with Gasteiger partial charge in [0, 0.05) is 11.8 Å². The van der Waals surface area contributed by atoms with Crippen LogP contribution in [-0.4, -0.2) is 5.11 Å². The van der Waals surface area contributed by atoms with E-state index >= 15 is 0 Å². The Morgan fingerprint density at radius 3 is 2.50 bits per heavy atom. The molecule has 1 unspecified atom stereocenters. The fourth-order valence-corrected chi connectivity index (χ4v) is 1.65. The zero-order chi connectivity index (χ0) is 13.0. The van der Waals surface area contributed by atoms with Crippen LogP contribution in [0.3, 0.4) is 0 Å². The molecule has 0 bridgehead atoms. The minimum absolute atomic E-state index is 0.194. The summed E-state index contributed by atoms with van der Waals surface area (Å²) in [6.07, 6.45) is 0. The third kappa shape index (κ3) is 2.77. The summed E-state index contributed by atoms with van der Waals surface area (Å²) in [6, 6.07) is 14.1. The summed E-state index contributed by atoms with van der Waals surface area (Å²) < 4.78 is 13.2. The first-order chi connectivity index (χ1) is 8.69. The monoisotopic (exact) mass is 242 g/mol. The number of phenolic OH excluding ortho intramolecular Hbond substituents is 1. The summed E-state index contributed by atoms with van der Waals surface area (Å²) in [6.45, 7) is 0. The molecule has 0 aliphatic carbocycles. The molecule has 3 nitrogen and oxygen atoms in total. The summed E-state index contributed by atoms with van der Waals surface area (Å²) in [4.78, 5) is 0. The van der Waals surface area contributed by atoms with Crippen LogP contribution in [0.25, 0.3) is 0 Å². The van der Waals surface area contributed by atoms with E-state index in [4.69, 9.17) is 5.26 Å². The van der Waals surface area contributed by atoms with Gasteiger partial charge in [0.1, 0.15) is 17.6 Å². The highest BCUT2D eigenvalue weighted by atomic mass is 19.1. The van der Waals surface area contributed by atoms with Crippen LogP contribution < -0.4 is 5.32 Å². The van der Waals surface area contributed by atoms with E-state index in [0.29, 0.717) is 5.56 Å². The molecule has 0 amide bonds. The number of nitrogens with zero attached hydrogens (tertiary/aromatic N) is 1. The van der Waals surface area contributed by atoms with Crippen molar-refractivity contribution in [1.29, 1.82) is 5.26 Å². The second-order valence-corrected chi connectivity index (χ2v) is 3.82. The van der Waals surface area contributed by atoms with Crippen molar-refractivity contribution in [2.75, 3.05) is 5.32 Å². The number of benzene rings is 2. The predicted molar refractivity (Wildman–Crippen MR) is 66.5 cm³/mol. The standard InChI is InChI=1S/C14H11FN2O/c15-11-6-10(7-13(18)8-11)14(9-16)17-12-4-2-1-3-5-12/h1-8,14,17-18H. The molecule has 0 aliphatic rings. The summed E-state index contributed by atoms with van der Waals surface area (Å²) in [5, 5.41) is 21.4. The van der Waals surface area contributed by atoms with E-state index in [2.05, 4.69) is 5.32 Å². The number of phenols is 1. The zero-order valence-corrected chi connectivity index (χ0v) is 9.47. The van der Waals surface area contributed by atoms with Crippen LogP contribution in [0.2, 0.25) is 0 Å². The number of halogens is 1. The largest absolute Gasteiger partial charge is 0.508 e. The van der Waals surface area contributed by atoms with E-state index < -0.39 is 11.9 Å². The number of hydrogen-bond acceptors (Lipinski definition) is 3. The van der Waals surface area contributed by atoms with Crippen LogP contribution in [0.4, 0.5) is 10.1 Å². The first-order valence-electron chi connectivity index (χ1n) is 5.39. The summed E-state index contributed by atoms with van der Waals surface area (Å²) in [7, 11) is 0. The van der Waals surface area contributed by atoms with Crippen LogP contribution >= 0.6 is 0 Å². The lowest BCUT2D eigenvalue weighted by molar-refractivity contribution is 0.468. The van der Waals surface area contributed by atoms with Gasteiger partial charge in [-0.05, 0) is 29.8 Å². The molecule has 2 rings (SSSR count). The van der Waals surface area contributed by atoms with Gasteiger partial charge in [-0.3, -0.25) is 0 Å². The molecule has 2 aromatic rings. The smallest absolute Gasteiger partial charge is 0.140 e. The highest BCUT2D eigenvalue weighted by Crippen LogP contribution is 2.23. The van der Waals surface area contributed by atoms with E-state index in [1.165, 1.54) is 12.1 Å². The molecule has 0 radical (unpaired) electrons. The second-order valence-electron chi connectivity index (χ2n) is 3.82. The third-order valence-corrected chi connectivity index (χ3v) is 2.45. The van der Waals surface area contributed by atoms with Crippen LogP contribution in [-0.2, 0) is 0 Å². The normalized spacial score (nSPS) is 11.6. The van der Waals surface area contributed by atoms with E-state index in [1.54, 1.807) is 0 Å². The van der Waals surface area contributed by atoms with E-state index in [0.717, 1.165) is 11.8 Å². The maximum Gasteiger partial charge on any atom is 0.140 e. The second kappa shape index (κ2) is 5.19. The van der Waals surface area contributed by atoms with Crippen molar-refractivity contribution in [2.24, 2.45) is 0 Å². The molecule has 2 N–H and O–H groups in total. The van der Waals surface area contributed by atoms with Gasteiger partial charge in [0.05, 0.1) is 6.07 Å². The van der Waals surface area contributed by atoms with Crippen molar-refractivity contribution in [3.63, 3.8) is 0 Å². The van der Waals surface area contributed by atoms with Crippen LogP contribution in [0.5, 0.6) is 5.75 Å². The van der Waals surface area contributed by atoms with Crippen molar-refractivity contribution in [2.45, 2.75) is 6.04 Å². The molecule has 0 heterocycles. The van der Waals surface area contributed by atoms with Crippen LogP contribution in [0.1, 0.15) is 11.6 Å². The number of rotatable bonds is 3. The Bertz CT molecular complexity index is 558. The topological polar surface area (TPSA) is 56.0 Å². The minimum atomic E-state index is -0.714. The van der Waals surface area contributed by atoms with Gasteiger partial charge >= 0.3 is 0 Å². The molecule has 0 saturated carbocycles. The van der Waals surface area contributed by atoms with Crippen molar-refractivity contribution in [3.8, 4) is 11.8 Å². The Labute approximate surface area is 104 Å². The average Bonchev–Trinajstić information content (AvgIpc) is 2.36. The maximum atomic E-state index is 13.2. The summed E-state index contributed by atoms with van der Waals surface area (Å²) in [5.74, 6) is -0.764. The summed E-state index contributed by atoms with van der Waals surface area (Å²) in [5.41, 5.74) is 1.15. The molecular formula is C14H11FN2O. The first-order valence-corrected chi connectivity index (χ1v) is 5.39. The number of hydrogen-bond donors (Lipinski definition) is 2. The fourth-order valence-electron chi connectivity index (χ4n) is 1.65. The first kappa shape index (κ1) is 11.9. The Hall–Kier alpha value is -2.54.